The molecule has 1 amide bonds. The second-order valence-corrected chi connectivity index (χ2v) is 5.79. The molecule has 0 spiro atoms. The molecule has 26 heavy (non-hydrogen) atoms. The van der Waals surface area contributed by atoms with Gasteiger partial charge in [-0.25, -0.2) is 4.79 Å². The molecule has 5 nitrogen and oxygen atoms in total. The number of aryl methyl sites for hydroxylation is 1. The molecule has 0 unspecified atom stereocenters. The number of rotatable bonds is 6. The van der Waals surface area contributed by atoms with Crippen LogP contribution in [0.4, 0.5) is 0 Å². The Labute approximate surface area is 151 Å². The number of amides is 1. The third-order valence-corrected chi connectivity index (χ3v) is 3.98. The van der Waals surface area contributed by atoms with Gasteiger partial charge in [-0.1, -0.05) is 60.7 Å². The number of carbonyl (C=O) groups is 2. The molecule has 0 aliphatic rings. The van der Waals surface area contributed by atoms with Crippen molar-refractivity contribution in [2.24, 2.45) is 0 Å². The van der Waals surface area contributed by atoms with Crippen LogP contribution in [0.15, 0.2) is 77.4 Å². The summed E-state index contributed by atoms with van der Waals surface area (Å²) >= 11 is 0. The topological polar surface area (TPSA) is 68.5 Å². The molecule has 0 atom stereocenters. The number of esters is 1. The summed E-state index contributed by atoms with van der Waals surface area (Å²) in [5, 5.41) is 2.93. The third kappa shape index (κ3) is 4.19. The Morgan fingerprint density at radius 1 is 0.962 bits per heavy atom. The fourth-order valence-electron chi connectivity index (χ4n) is 2.66. The van der Waals surface area contributed by atoms with Gasteiger partial charge < -0.3 is 14.5 Å². The molecule has 5 heteroatoms. The van der Waals surface area contributed by atoms with Gasteiger partial charge in [-0.15, -0.1) is 0 Å². The van der Waals surface area contributed by atoms with Gasteiger partial charge in [0.2, 0.25) is 0 Å². The van der Waals surface area contributed by atoms with Crippen molar-refractivity contribution >= 4 is 11.9 Å². The summed E-state index contributed by atoms with van der Waals surface area (Å²) < 4.78 is 10.2. The molecule has 1 N–H and O–H groups in total. The fraction of sp³-hybridized carbons (Fsp3) is 0.143. The number of hydrogen-bond acceptors (Lipinski definition) is 4. The molecular weight excluding hydrogens is 330 g/mol. The zero-order valence-corrected chi connectivity index (χ0v) is 14.3. The summed E-state index contributed by atoms with van der Waals surface area (Å²) in [5.41, 5.74) is 2.22. The van der Waals surface area contributed by atoms with Crippen LogP contribution in [0.5, 0.6) is 0 Å². The molecule has 0 fully saturated rings. The van der Waals surface area contributed by atoms with Crippen LogP contribution < -0.4 is 5.32 Å². The van der Waals surface area contributed by atoms with Gasteiger partial charge in [0.05, 0.1) is 12.3 Å². The lowest BCUT2D eigenvalue weighted by atomic mass is 9.99. The molecule has 1 aromatic heterocycles. The Hall–Kier alpha value is -3.34. The van der Waals surface area contributed by atoms with E-state index in [1.54, 1.807) is 6.92 Å². The Balaban J connectivity index is 1.68. The molecule has 3 aromatic rings. The summed E-state index contributed by atoms with van der Waals surface area (Å²) in [6.07, 6.45) is 1.41. The second-order valence-electron chi connectivity index (χ2n) is 5.79. The van der Waals surface area contributed by atoms with Gasteiger partial charge in [0, 0.05) is 0 Å². The van der Waals surface area contributed by atoms with Crippen molar-refractivity contribution in [3.63, 3.8) is 0 Å². The summed E-state index contributed by atoms with van der Waals surface area (Å²) in [4.78, 5) is 24.3. The van der Waals surface area contributed by atoms with E-state index in [1.807, 2.05) is 60.7 Å². The number of carbonyl (C=O) groups excluding carboxylic acids is 2. The average Bonchev–Trinajstić information content (AvgIpc) is 3.11. The molecule has 0 aliphatic heterocycles. The molecule has 2 aromatic carbocycles. The quantitative estimate of drug-likeness (QED) is 0.690. The lowest BCUT2D eigenvalue weighted by Gasteiger charge is -2.19. The van der Waals surface area contributed by atoms with E-state index < -0.39 is 5.97 Å². The van der Waals surface area contributed by atoms with Crippen LogP contribution in [0, 0.1) is 6.92 Å². The molecule has 1 heterocycles. The molecule has 0 aliphatic carbocycles. The van der Waals surface area contributed by atoms with E-state index in [-0.39, 0.29) is 18.6 Å². The predicted molar refractivity (Wildman–Crippen MR) is 96.6 cm³/mol. The van der Waals surface area contributed by atoms with Crippen LogP contribution in [0.2, 0.25) is 0 Å². The maximum atomic E-state index is 12.3. The van der Waals surface area contributed by atoms with E-state index in [2.05, 4.69) is 5.32 Å². The Morgan fingerprint density at radius 3 is 2.04 bits per heavy atom. The van der Waals surface area contributed by atoms with Crippen LogP contribution in [0.1, 0.15) is 33.3 Å². The van der Waals surface area contributed by atoms with Gasteiger partial charge in [-0.2, -0.15) is 0 Å². The van der Waals surface area contributed by atoms with E-state index in [9.17, 15) is 9.59 Å². The SMILES string of the molecule is Cc1occc1C(=O)OCC(=O)NC(c1ccccc1)c1ccccc1. The van der Waals surface area contributed by atoms with Crippen molar-refractivity contribution in [3.8, 4) is 0 Å². The van der Waals surface area contributed by atoms with Crippen molar-refractivity contribution in [1.29, 1.82) is 0 Å². The monoisotopic (exact) mass is 349 g/mol. The fourth-order valence-corrected chi connectivity index (χ4v) is 2.66. The van der Waals surface area contributed by atoms with Crippen molar-refractivity contribution in [3.05, 3.63) is 95.4 Å². The molecule has 0 saturated heterocycles. The van der Waals surface area contributed by atoms with E-state index in [0.29, 0.717) is 11.3 Å². The summed E-state index contributed by atoms with van der Waals surface area (Å²) in [6.45, 7) is 1.30. The summed E-state index contributed by atoms with van der Waals surface area (Å²) in [7, 11) is 0. The van der Waals surface area contributed by atoms with E-state index in [4.69, 9.17) is 9.15 Å². The largest absolute Gasteiger partial charge is 0.469 e. The highest BCUT2D eigenvalue weighted by atomic mass is 16.5. The normalized spacial score (nSPS) is 10.5. The number of hydrogen-bond donors (Lipinski definition) is 1. The van der Waals surface area contributed by atoms with Crippen molar-refractivity contribution in [2.75, 3.05) is 6.61 Å². The maximum Gasteiger partial charge on any atom is 0.342 e. The zero-order chi connectivity index (χ0) is 18.4. The zero-order valence-electron chi connectivity index (χ0n) is 14.3. The molecular formula is C21H19NO4. The van der Waals surface area contributed by atoms with Crippen LogP contribution >= 0.6 is 0 Å². The molecule has 0 bridgehead atoms. The first kappa shape index (κ1) is 17.5. The Kier molecular flexibility index (Phi) is 5.49. The molecule has 3 rings (SSSR count). The maximum absolute atomic E-state index is 12.3. The van der Waals surface area contributed by atoms with Gasteiger partial charge >= 0.3 is 5.97 Å². The minimum Gasteiger partial charge on any atom is -0.469 e. The number of nitrogens with one attached hydrogen (secondary N) is 1. The minimum absolute atomic E-state index is 0.320. The van der Waals surface area contributed by atoms with E-state index in [0.717, 1.165) is 11.1 Å². The summed E-state index contributed by atoms with van der Waals surface area (Å²) in [6, 6.07) is 20.5. The molecule has 132 valence electrons. The summed E-state index contributed by atoms with van der Waals surface area (Å²) in [5.74, 6) is -0.499. The van der Waals surface area contributed by atoms with E-state index in [1.165, 1.54) is 12.3 Å². The lowest BCUT2D eigenvalue weighted by molar-refractivity contribution is -0.124. The van der Waals surface area contributed by atoms with Crippen molar-refractivity contribution in [1.82, 2.24) is 5.32 Å². The van der Waals surface area contributed by atoms with Crippen molar-refractivity contribution < 1.29 is 18.7 Å². The smallest absolute Gasteiger partial charge is 0.342 e. The van der Waals surface area contributed by atoms with Gasteiger partial charge in [-0.3, -0.25) is 4.79 Å². The first-order valence-corrected chi connectivity index (χ1v) is 8.25. The van der Waals surface area contributed by atoms with Gasteiger partial charge in [-0.05, 0) is 24.1 Å². The van der Waals surface area contributed by atoms with E-state index >= 15 is 0 Å². The molecule has 0 radical (unpaired) electrons. The minimum atomic E-state index is -0.581. The Bertz CT molecular complexity index is 832. The van der Waals surface area contributed by atoms with Crippen LogP contribution in [0.25, 0.3) is 0 Å². The predicted octanol–water partition coefficient (Wildman–Crippen LogP) is 3.65. The van der Waals surface area contributed by atoms with Gasteiger partial charge in [0.25, 0.3) is 5.91 Å². The highest BCUT2D eigenvalue weighted by Crippen LogP contribution is 2.21. The highest BCUT2D eigenvalue weighted by molar-refractivity contribution is 5.92. The number of benzene rings is 2. The van der Waals surface area contributed by atoms with Crippen LogP contribution in [-0.2, 0) is 9.53 Å². The number of furan rings is 1. The average molecular weight is 349 g/mol. The standard InChI is InChI=1S/C21H19NO4/c1-15-18(12-13-25-15)21(24)26-14-19(23)22-20(16-8-4-2-5-9-16)17-10-6-3-7-11-17/h2-13,20H,14H2,1H3,(H,22,23). The Morgan fingerprint density at radius 2 is 1.54 bits per heavy atom. The third-order valence-electron chi connectivity index (χ3n) is 3.98. The van der Waals surface area contributed by atoms with Crippen molar-refractivity contribution in [2.45, 2.75) is 13.0 Å². The lowest BCUT2D eigenvalue weighted by Crippen LogP contribution is -2.33. The van der Waals surface area contributed by atoms with Crippen LogP contribution in [-0.4, -0.2) is 18.5 Å². The molecule has 0 saturated carbocycles. The van der Waals surface area contributed by atoms with Gasteiger partial charge in [0.1, 0.15) is 11.3 Å². The van der Waals surface area contributed by atoms with Gasteiger partial charge in [0.15, 0.2) is 6.61 Å². The first-order valence-electron chi connectivity index (χ1n) is 8.25. The highest BCUT2D eigenvalue weighted by Gasteiger charge is 2.19. The first-order chi connectivity index (χ1) is 12.6. The number of ether oxygens (including phenoxy) is 1. The van der Waals surface area contributed by atoms with Crippen LogP contribution in [0.3, 0.4) is 0 Å². The second kappa shape index (κ2) is 8.16.